The molecule has 26 heavy (non-hydrogen) atoms. The summed E-state index contributed by atoms with van der Waals surface area (Å²) in [5, 5.41) is 6.95. The lowest BCUT2D eigenvalue weighted by molar-refractivity contribution is -0.150. The number of nitrogens with one attached hydrogen (secondary N) is 2. The number of hydrogen-bond acceptors (Lipinski definition) is 3. The van der Waals surface area contributed by atoms with Crippen LogP contribution in [0.4, 0.5) is 5.69 Å². The Morgan fingerprint density at radius 1 is 1.23 bits per heavy atom. The highest BCUT2D eigenvalue weighted by Gasteiger charge is 2.60. The average molecular weight is 355 g/mol. The summed E-state index contributed by atoms with van der Waals surface area (Å²) in [6.45, 7) is 7.86. The fourth-order valence-electron chi connectivity index (χ4n) is 5.58. The summed E-state index contributed by atoms with van der Waals surface area (Å²) < 4.78 is 0. The molecule has 2 amide bonds. The van der Waals surface area contributed by atoms with Crippen molar-refractivity contribution >= 4 is 17.5 Å². The monoisotopic (exact) mass is 355 g/mol. The van der Waals surface area contributed by atoms with Gasteiger partial charge in [0.1, 0.15) is 5.66 Å². The minimum Gasteiger partial charge on any atom is -0.362 e. The number of nitrogens with zero attached hydrogens (tertiary/aromatic N) is 1. The van der Waals surface area contributed by atoms with Crippen molar-refractivity contribution < 1.29 is 9.59 Å². The maximum atomic E-state index is 13.1. The van der Waals surface area contributed by atoms with E-state index in [4.69, 9.17) is 0 Å². The number of rotatable bonds is 3. The molecule has 3 fully saturated rings. The van der Waals surface area contributed by atoms with Crippen LogP contribution in [0.15, 0.2) is 24.3 Å². The van der Waals surface area contributed by atoms with Crippen molar-refractivity contribution in [3.63, 3.8) is 0 Å². The largest absolute Gasteiger partial charge is 0.362 e. The Morgan fingerprint density at radius 3 is 2.65 bits per heavy atom. The lowest BCUT2D eigenvalue weighted by atomic mass is 9.51. The molecule has 1 heterocycles. The SMILES string of the molecule is CCN(CC)C(=O)[C@@H]1C[C@H]2CC[C@]1(C)C[C@]21NC(=O)c2ccccc2N1. The van der Waals surface area contributed by atoms with Gasteiger partial charge in [-0.15, -0.1) is 0 Å². The first-order valence-electron chi connectivity index (χ1n) is 9.91. The fourth-order valence-corrected chi connectivity index (χ4v) is 5.58. The van der Waals surface area contributed by atoms with Crippen LogP contribution in [0, 0.1) is 17.3 Å². The summed E-state index contributed by atoms with van der Waals surface area (Å²) in [6, 6.07) is 7.71. The molecule has 0 saturated heterocycles. The van der Waals surface area contributed by atoms with E-state index in [9.17, 15) is 9.59 Å². The summed E-state index contributed by atoms with van der Waals surface area (Å²) >= 11 is 0. The molecule has 1 aromatic rings. The van der Waals surface area contributed by atoms with Crippen LogP contribution in [0.1, 0.15) is 56.8 Å². The van der Waals surface area contributed by atoms with Crippen LogP contribution in [-0.4, -0.2) is 35.5 Å². The number of benzene rings is 1. The van der Waals surface area contributed by atoms with Gasteiger partial charge in [0, 0.05) is 30.6 Å². The highest BCUT2D eigenvalue weighted by molar-refractivity contribution is 6.02. The number of anilines is 1. The van der Waals surface area contributed by atoms with E-state index in [0.717, 1.165) is 44.5 Å². The van der Waals surface area contributed by atoms with Crippen molar-refractivity contribution in [2.75, 3.05) is 18.4 Å². The van der Waals surface area contributed by atoms with Crippen LogP contribution in [0.25, 0.3) is 0 Å². The molecule has 3 saturated carbocycles. The molecule has 1 aromatic carbocycles. The molecule has 4 atom stereocenters. The van der Waals surface area contributed by atoms with E-state index in [1.807, 2.05) is 43.0 Å². The van der Waals surface area contributed by atoms with Gasteiger partial charge < -0.3 is 15.5 Å². The molecule has 3 aliphatic carbocycles. The summed E-state index contributed by atoms with van der Waals surface area (Å²) in [5.74, 6) is 0.635. The number of hydrogen-bond donors (Lipinski definition) is 2. The topological polar surface area (TPSA) is 61.4 Å². The molecule has 5 rings (SSSR count). The van der Waals surface area contributed by atoms with Gasteiger partial charge in [-0.2, -0.15) is 0 Å². The first-order chi connectivity index (χ1) is 12.4. The van der Waals surface area contributed by atoms with E-state index in [-0.39, 0.29) is 23.2 Å². The van der Waals surface area contributed by atoms with Gasteiger partial charge in [-0.1, -0.05) is 19.1 Å². The first kappa shape index (κ1) is 17.4. The molecule has 1 spiro atoms. The zero-order chi connectivity index (χ0) is 18.5. The predicted molar refractivity (Wildman–Crippen MR) is 102 cm³/mol. The highest BCUT2D eigenvalue weighted by atomic mass is 16.2. The molecule has 140 valence electrons. The fraction of sp³-hybridized carbons (Fsp3) is 0.619. The van der Waals surface area contributed by atoms with Gasteiger partial charge >= 0.3 is 0 Å². The van der Waals surface area contributed by atoms with Gasteiger partial charge in [0.05, 0.1) is 5.56 Å². The van der Waals surface area contributed by atoms with E-state index in [2.05, 4.69) is 17.6 Å². The van der Waals surface area contributed by atoms with Crippen LogP contribution in [0.3, 0.4) is 0 Å². The third-order valence-corrected chi connectivity index (χ3v) is 7.04. The number of carbonyl (C=O) groups excluding carboxylic acids is 2. The Balaban J connectivity index is 1.64. The molecular weight excluding hydrogens is 326 g/mol. The molecule has 1 aliphatic heterocycles. The van der Waals surface area contributed by atoms with Crippen LogP contribution in [-0.2, 0) is 4.79 Å². The van der Waals surface area contributed by atoms with E-state index in [1.165, 1.54) is 0 Å². The Morgan fingerprint density at radius 2 is 1.96 bits per heavy atom. The first-order valence-corrected chi connectivity index (χ1v) is 9.91. The number of amides is 2. The van der Waals surface area contributed by atoms with Gasteiger partial charge in [0.2, 0.25) is 5.91 Å². The second-order valence-electron chi connectivity index (χ2n) is 8.46. The van der Waals surface area contributed by atoms with Gasteiger partial charge in [0.15, 0.2) is 0 Å². The van der Waals surface area contributed by atoms with Crippen molar-refractivity contribution in [1.29, 1.82) is 0 Å². The maximum Gasteiger partial charge on any atom is 0.255 e. The molecule has 2 bridgehead atoms. The molecule has 0 radical (unpaired) electrons. The molecule has 0 aromatic heterocycles. The zero-order valence-electron chi connectivity index (χ0n) is 16.0. The van der Waals surface area contributed by atoms with Crippen molar-refractivity contribution in [1.82, 2.24) is 10.2 Å². The minimum atomic E-state index is -0.418. The summed E-state index contributed by atoms with van der Waals surface area (Å²) in [6.07, 6.45) is 3.76. The molecular formula is C21H29N3O2. The standard InChI is InChI=1S/C21H29N3O2/c1-4-24(5-2)19(26)16-12-14-10-11-20(16,3)13-21(14)22-17-9-7-6-8-15(17)18(25)23-21/h6-9,14,16,22H,4-5,10-13H2,1-3H3,(H,23,25)/t14-,16+,20-,21+/m1/s1. The highest BCUT2D eigenvalue weighted by Crippen LogP contribution is 2.58. The Labute approximate surface area is 155 Å². The van der Waals surface area contributed by atoms with E-state index in [1.54, 1.807) is 0 Å². The molecule has 5 heteroatoms. The van der Waals surface area contributed by atoms with Crippen molar-refractivity contribution in [2.24, 2.45) is 17.3 Å². The summed E-state index contributed by atoms with van der Waals surface area (Å²) in [4.78, 5) is 27.8. The average Bonchev–Trinajstić information content (AvgIpc) is 2.62. The van der Waals surface area contributed by atoms with Crippen molar-refractivity contribution in [3.8, 4) is 0 Å². The summed E-state index contributed by atoms with van der Waals surface area (Å²) in [5.41, 5.74) is 1.12. The van der Waals surface area contributed by atoms with E-state index >= 15 is 0 Å². The van der Waals surface area contributed by atoms with Crippen LogP contribution < -0.4 is 10.6 Å². The number of fused-ring (bicyclic) bond motifs is 3. The quantitative estimate of drug-likeness (QED) is 0.875. The smallest absolute Gasteiger partial charge is 0.255 e. The molecule has 4 aliphatic rings. The molecule has 0 unspecified atom stereocenters. The number of carbonyl (C=O) groups is 2. The second-order valence-corrected chi connectivity index (χ2v) is 8.46. The zero-order valence-corrected chi connectivity index (χ0v) is 16.0. The predicted octanol–water partition coefficient (Wildman–Crippen LogP) is 3.23. The van der Waals surface area contributed by atoms with Gasteiger partial charge in [-0.25, -0.2) is 0 Å². The van der Waals surface area contributed by atoms with Gasteiger partial charge in [-0.05, 0) is 57.1 Å². The van der Waals surface area contributed by atoms with Crippen LogP contribution >= 0.6 is 0 Å². The lowest BCUT2D eigenvalue weighted by Gasteiger charge is -2.61. The van der Waals surface area contributed by atoms with Gasteiger partial charge in [0.25, 0.3) is 5.91 Å². The van der Waals surface area contributed by atoms with Crippen LogP contribution in [0.2, 0.25) is 0 Å². The van der Waals surface area contributed by atoms with Crippen LogP contribution in [0.5, 0.6) is 0 Å². The summed E-state index contributed by atoms with van der Waals surface area (Å²) in [7, 11) is 0. The number of para-hydroxylation sites is 1. The maximum absolute atomic E-state index is 13.1. The normalized spacial score (nSPS) is 34.8. The third-order valence-electron chi connectivity index (χ3n) is 7.04. The lowest BCUT2D eigenvalue weighted by Crippen LogP contribution is -2.70. The Hall–Kier alpha value is -2.04. The molecule has 2 N–H and O–H groups in total. The molecule has 5 nitrogen and oxygen atoms in total. The van der Waals surface area contributed by atoms with Crippen molar-refractivity contribution in [3.05, 3.63) is 29.8 Å². The Kier molecular flexibility index (Phi) is 4.01. The Bertz CT molecular complexity index is 745. The third kappa shape index (κ3) is 2.43. The minimum absolute atomic E-state index is 0.00196. The van der Waals surface area contributed by atoms with E-state index < -0.39 is 5.66 Å². The van der Waals surface area contributed by atoms with E-state index in [0.29, 0.717) is 11.5 Å². The van der Waals surface area contributed by atoms with Crippen molar-refractivity contribution in [2.45, 2.75) is 52.1 Å². The van der Waals surface area contributed by atoms with Gasteiger partial charge in [-0.3, -0.25) is 9.59 Å². The second kappa shape index (κ2) is 6.00.